The average molecular weight is 642 g/mol. The van der Waals surface area contributed by atoms with Gasteiger partial charge in [0.1, 0.15) is 5.75 Å². The van der Waals surface area contributed by atoms with Crippen LogP contribution in [-0.4, -0.2) is 75.3 Å². The Balaban J connectivity index is 1.26. The van der Waals surface area contributed by atoms with Crippen LogP contribution in [0.3, 0.4) is 0 Å². The van der Waals surface area contributed by atoms with Gasteiger partial charge in [0.25, 0.3) is 5.91 Å². The van der Waals surface area contributed by atoms with E-state index < -0.39 is 22.2 Å². The lowest BCUT2D eigenvalue weighted by Gasteiger charge is -2.45. The number of carbonyl (C=O) groups is 1. The van der Waals surface area contributed by atoms with Crippen LogP contribution in [0.2, 0.25) is 5.02 Å². The van der Waals surface area contributed by atoms with E-state index in [1.807, 2.05) is 6.07 Å². The van der Waals surface area contributed by atoms with Gasteiger partial charge in [-0.1, -0.05) is 29.8 Å². The maximum Gasteiger partial charge on any atom is 0.304 e. The first kappa shape index (κ1) is 30.0. The van der Waals surface area contributed by atoms with Crippen LogP contribution in [0.15, 0.2) is 48.6 Å². The lowest BCUT2D eigenvalue weighted by molar-refractivity contribution is 0.0455. The molecule has 1 saturated heterocycles. The van der Waals surface area contributed by atoms with Crippen LogP contribution in [0, 0.1) is 11.8 Å². The van der Waals surface area contributed by atoms with Crippen LogP contribution in [-0.2, 0) is 26.8 Å². The summed E-state index contributed by atoms with van der Waals surface area (Å²) in [5, 5.41) is 12.0. The Labute approximate surface area is 264 Å². The SMILES string of the molecule is O=C1NS(=O)(=O)N(C[C@@H]2CCCO2)C/C=C/[C@H](O)C2CC[C@H]2CN2C[C@@]3(CCCc4cc(Cl)ccc43)COc3ccc1cc32. The summed E-state index contributed by atoms with van der Waals surface area (Å²) in [6, 6.07) is 11.3. The molecule has 2 aromatic rings. The predicted octanol–water partition coefficient (Wildman–Crippen LogP) is 4.23. The minimum absolute atomic E-state index is 0.0347. The lowest BCUT2D eigenvalue weighted by Crippen LogP contribution is -2.49. The van der Waals surface area contributed by atoms with E-state index in [0.29, 0.717) is 32.1 Å². The fraction of sp³-hybridized carbons (Fsp3) is 0.545. The number of nitrogens with one attached hydrogen (secondary N) is 1. The summed E-state index contributed by atoms with van der Waals surface area (Å²) in [4.78, 5) is 15.8. The molecule has 3 aliphatic heterocycles. The third-order valence-corrected chi connectivity index (χ3v) is 12.0. The Hall–Kier alpha value is -2.63. The van der Waals surface area contributed by atoms with Crippen molar-refractivity contribution in [1.29, 1.82) is 0 Å². The fourth-order valence-corrected chi connectivity index (χ4v) is 9.12. The Bertz CT molecular complexity index is 1560. The van der Waals surface area contributed by atoms with Gasteiger partial charge < -0.3 is 19.5 Å². The summed E-state index contributed by atoms with van der Waals surface area (Å²) in [6.07, 6.45) is 8.96. The molecular formula is C33H40ClN3O6S. The highest BCUT2D eigenvalue weighted by Gasteiger charge is 2.44. The number of amides is 1. The predicted molar refractivity (Wildman–Crippen MR) is 169 cm³/mol. The molecule has 0 aromatic heterocycles. The zero-order valence-corrected chi connectivity index (χ0v) is 26.4. The first-order valence-electron chi connectivity index (χ1n) is 15.8. The van der Waals surface area contributed by atoms with Gasteiger partial charge in [-0.05, 0) is 98.2 Å². The molecule has 236 valence electrons. The van der Waals surface area contributed by atoms with E-state index in [0.717, 1.165) is 55.7 Å². The molecule has 2 bridgehead atoms. The highest BCUT2D eigenvalue weighted by molar-refractivity contribution is 7.87. The van der Waals surface area contributed by atoms with Crippen molar-refractivity contribution in [1.82, 2.24) is 9.03 Å². The molecule has 3 heterocycles. The number of aryl methyl sites for hydroxylation is 1. The van der Waals surface area contributed by atoms with Crippen LogP contribution < -0.4 is 14.4 Å². The molecule has 2 aliphatic carbocycles. The largest absolute Gasteiger partial charge is 0.490 e. The third kappa shape index (κ3) is 5.75. The topological polar surface area (TPSA) is 108 Å². The maximum atomic E-state index is 13.5. The van der Waals surface area contributed by atoms with Crippen molar-refractivity contribution in [3.63, 3.8) is 0 Å². The Morgan fingerprint density at radius 3 is 2.80 bits per heavy atom. The standard InChI is InChI=1S/C33H40ClN3O6S/c34-25-9-11-28-22(16-25)4-1-13-33(28)20-36-18-24-7-10-27(24)30(38)6-2-14-37(19-26-5-3-15-42-26)44(40,41)35-32(39)23-8-12-31(43-21-33)29(36)17-23/h2,6,8-9,11-12,16-17,24,26-27,30,38H,1,3-5,7,10,13-15,18-21H2,(H,35,39)/b6-2+/t24-,26-,27?,30-,33-/m0/s1. The van der Waals surface area contributed by atoms with E-state index in [1.165, 1.54) is 15.4 Å². The van der Waals surface area contributed by atoms with E-state index in [2.05, 4.69) is 21.8 Å². The maximum absolute atomic E-state index is 13.5. The smallest absolute Gasteiger partial charge is 0.304 e. The van der Waals surface area contributed by atoms with Gasteiger partial charge in [-0.15, -0.1) is 0 Å². The van der Waals surface area contributed by atoms with Gasteiger partial charge in [-0.25, -0.2) is 4.72 Å². The number of aliphatic hydroxyl groups excluding tert-OH is 1. The number of rotatable bonds is 2. The zero-order chi connectivity index (χ0) is 30.5. The number of aliphatic hydroxyl groups is 1. The number of nitrogens with zero attached hydrogens (tertiary/aromatic N) is 2. The van der Waals surface area contributed by atoms with Crippen LogP contribution in [0.25, 0.3) is 0 Å². The molecular weight excluding hydrogens is 602 g/mol. The minimum Gasteiger partial charge on any atom is -0.490 e. The van der Waals surface area contributed by atoms with Gasteiger partial charge >= 0.3 is 10.2 Å². The van der Waals surface area contributed by atoms with Crippen molar-refractivity contribution in [3.8, 4) is 5.75 Å². The highest BCUT2D eigenvalue weighted by atomic mass is 35.5. The van der Waals surface area contributed by atoms with E-state index >= 15 is 0 Å². The quantitative estimate of drug-likeness (QED) is 0.473. The number of hydrogen-bond donors (Lipinski definition) is 2. The van der Waals surface area contributed by atoms with Crippen LogP contribution in [0.5, 0.6) is 5.75 Å². The summed E-state index contributed by atoms with van der Waals surface area (Å²) in [5.74, 6) is 0.272. The summed E-state index contributed by atoms with van der Waals surface area (Å²) in [6.45, 7) is 2.63. The second kappa shape index (κ2) is 11.9. The highest BCUT2D eigenvalue weighted by Crippen LogP contribution is 2.46. The van der Waals surface area contributed by atoms with Gasteiger partial charge in [0.15, 0.2) is 0 Å². The molecule has 2 N–H and O–H groups in total. The monoisotopic (exact) mass is 641 g/mol. The van der Waals surface area contributed by atoms with Crippen molar-refractivity contribution < 1.29 is 27.8 Å². The van der Waals surface area contributed by atoms with E-state index in [9.17, 15) is 18.3 Å². The van der Waals surface area contributed by atoms with Gasteiger partial charge in [0.05, 0.1) is 24.5 Å². The summed E-state index contributed by atoms with van der Waals surface area (Å²) < 4.78 is 42.9. The molecule has 1 saturated carbocycles. The third-order valence-electron chi connectivity index (χ3n) is 10.3. The van der Waals surface area contributed by atoms with Crippen molar-refractivity contribution in [2.75, 3.05) is 44.3 Å². The molecule has 2 fully saturated rings. The summed E-state index contributed by atoms with van der Waals surface area (Å²) in [5.41, 5.74) is 3.25. The lowest BCUT2D eigenvalue weighted by atomic mass is 9.68. The number of hydrogen-bond acceptors (Lipinski definition) is 7. The number of anilines is 1. The van der Waals surface area contributed by atoms with Crippen molar-refractivity contribution in [2.24, 2.45) is 11.8 Å². The van der Waals surface area contributed by atoms with Gasteiger partial charge in [-0.2, -0.15) is 12.7 Å². The van der Waals surface area contributed by atoms with Gasteiger partial charge in [0, 0.05) is 48.8 Å². The second-order valence-corrected chi connectivity index (χ2v) is 15.2. The van der Waals surface area contributed by atoms with E-state index in [-0.39, 0.29) is 42.0 Å². The van der Waals surface area contributed by atoms with E-state index in [1.54, 1.807) is 30.4 Å². The summed E-state index contributed by atoms with van der Waals surface area (Å²) >= 11 is 6.39. The number of ether oxygens (including phenoxy) is 2. The fourth-order valence-electron chi connectivity index (χ4n) is 7.80. The molecule has 7 rings (SSSR count). The average Bonchev–Trinajstić information content (AvgIpc) is 3.44. The first-order valence-corrected chi connectivity index (χ1v) is 17.6. The number of carbonyl (C=O) groups excluding carboxylic acids is 1. The molecule has 2 aromatic carbocycles. The number of halogens is 1. The van der Waals surface area contributed by atoms with E-state index in [4.69, 9.17) is 21.1 Å². The van der Waals surface area contributed by atoms with Crippen LogP contribution in [0.1, 0.15) is 60.0 Å². The van der Waals surface area contributed by atoms with Crippen molar-refractivity contribution in [3.05, 3.63) is 70.3 Å². The van der Waals surface area contributed by atoms with Crippen LogP contribution >= 0.6 is 11.6 Å². The normalized spacial score (nSPS) is 32.6. The molecule has 1 unspecified atom stereocenters. The first-order chi connectivity index (χ1) is 21.2. The van der Waals surface area contributed by atoms with Crippen molar-refractivity contribution in [2.45, 2.75) is 62.6 Å². The molecule has 11 heteroatoms. The molecule has 5 aliphatic rings. The Morgan fingerprint density at radius 2 is 2.00 bits per heavy atom. The Kier molecular flexibility index (Phi) is 8.16. The van der Waals surface area contributed by atoms with Crippen molar-refractivity contribution >= 4 is 33.4 Å². The van der Waals surface area contributed by atoms with Gasteiger partial charge in [0.2, 0.25) is 0 Å². The number of fused-ring (bicyclic) bond motifs is 4. The number of benzene rings is 2. The van der Waals surface area contributed by atoms with Crippen LogP contribution in [0.4, 0.5) is 5.69 Å². The molecule has 1 spiro atoms. The minimum atomic E-state index is -4.19. The summed E-state index contributed by atoms with van der Waals surface area (Å²) in [7, 11) is -4.19. The molecule has 1 amide bonds. The molecule has 9 nitrogen and oxygen atoms in total. The Morgan fingerprint density at radius 1 is 1.11 bits per heavy atom. The molecule has 44 heavy (non-hydrogen) atoms. The molecule has 0 radical (unpaired) electrons. The molecule has 5 atom stereocenters. The second-order valence-electron chi connectivity index (χ2n) is 13.1. The van der Waals surface area contributed by atoms with Gasteiger partial charge in [-0.3, -0.25) is 4.79 Å². The zero-order valence-electron chi connectivity index (χ0n) is 24.8.